The molecule has 1 aliphatic rings. The highest BCUT2D eigenvalue weighted by Gasteiger charge is 2.29. The molecule has 0 saturated carbocycles. The fourth-order valence-electron chi connectivity index (χ4n) is 3.07. The lowest BCUT2D eigenvalue weighted by molar-refractivity contribution is -0.148. The van der Waals surface area contributed by atoms with Crippen LogP contribution in [0.15, 0.2) is 18.2 Å². The molecule has 0 spiro atoms. The van der Waals surface area contributed by atoms with Gasteiger partial charge in [0, 0.05) is 6.54 Å². The predicted octanol–water partition coefficient (Wildman–Crippen LogP) is 1.79. The monoisotopic (exact) mass is 349 g/mol. The molecule has 136 valence electrons. The highest BCUT2D eigenvalue weighted by atomic mass is 16.5. The number of nitrogens with zero attached hydrogens (tertiary/aromatic N) is 1. The Morgan fingerprint density at radius 1 is 0.960 bits per heavy atom. The van der Waals surface area contributed by atoms with Crippen molar-refractivity contribution < 1.29 is 28.6 Å². The molecule has 1 aliphatic heterocycles. The molecule has 1 aromatic carbocycles. The summed E-state index contributed by atoms with van der Waals surface area (Å²) in [6.07, 6.45) is 2.67. The molecule has 1 saturated heterocycles. The minimum atomic E-state index is -0.532. The SMILES string of the molecule is COC(=O)c1cc(CN2CCCCC2C(=O)OC)cc(C(=O)OC)c1. The van der Waals surface area contributed by atoms with Gasteiger partial charge >= 0.3 is 17.9 Å². The molecule has 0 amide bonds. The summed E-state index contributed by atoms with van der Waals surface area (Å²) in [6, 6.07) is 4.46. The molecule has 25 heavy (non-hydrogen) atoms. The quantitative estimate of drug-likeness (QED) is 0.592. The fourth-order valence-corrected chi connectivity index (χ4v) is 3.07. The normalized spacial score (nSPS) is 17.6. The van der Waals surface area contributed by atoms with Crippen molar-refractivity contribution in [3.05, 3.63) is 34.9 Å². The van der Waals surface area contributed by atoms with Crippen molar-refractivity contribution in [3.8, 4) is 0 Å². The minimum absolute atomic E-state index is 0.267. The van der Waals surface area contributed by atoms with Crippen LogP contribution in [0.3, 0.4) is 0 Å². The second-order valence-corrected chi connectivity index (χ2v) is 5.91. The molecule has 1 fully saturated rings. The Labute approximate surface area is 146 Å². The lowest BCUT2D eigenvalue weighted by Crippen LogP contribution is -2.44. The van der Waals surface area contributed by atoms with Crippen LogP contribution in [-0.2, 0) is 25.5 Å². The Morgan fingerprint density at radius 2 is 1.56 bits per heavy atom. The molecule has 1 unspecified atom stereocenters. The molecular weight excluding hydrogens is 326 g/mol. The summed E-state index contributed by atoms with van der Waals surface area (Å²) in [5, 5.41) is 0. The summed E-state index contributed by atoms with van der Waals surface area (Å²) in [5.74, 6) is -1.33. The van der Waals surface area contributed by atoms with Gasteiger partial charge in [-0.2, -0.15) is 0 Å². The number of carbonyl (C=O) groups excluding carboxylic acids is 3. The fraction of sp³-hybridized carbons (Fsp3) is 0.500. The zero-order chi connectivity index (χ0) is 18.4. The van der Waals surface area contributed by atoms with Crippen molar-refractivity contribution in [2.45, 2.75) is 31.8 Å². The standard InChI is InChI=1S/C18H23NO6/c1-23-16(20)13-8-12(9-14(10-13)17(21)24-2)11-19-7-5-4-6-15(19)18(22)25-3/h8-10,15H,4-7,11H2,1-3H3. The second kappa shape index (κ2) is 8.62. The molecule has 0 aliphatic carbocycles. The molecule has 2 rings (SSSR count). The second-order valence-electron chi connectivity index (χ2n) is 5.91. The molecule has 0 N–H and O–H groups in total. The largest absolute Gasteiger partial charge is 0.468 e. The maximum Gasteiger partial charge on any atom is 0.337 e. The Kier molecular flexibility index (Phi) is 6.52. The molecule has 1 heterocycles. The van der Waals surface area contributed by atoms with Gasteiger partial charge in [0.15, 0.2) is 0 Å². The van der Waals surface area contributed by atoms with Gasteiger partial charge in [-0.05, 0) is 43.1 Å². The first-order valence-corrected chi connectivity index (χ1v) is 8.12. The molecule has 7 heteroatoms. The topological polar surface area (TPSA) is 82.1 Å². The van der Waals surface area contributed by atoms with Crippen LogP contribution in [-0.4, -0.2) is 56.7 Å². The summed E-state index contributed by atoms with van der Waals surface area (Å²) in [5.41, 5.74) is 1.28. The van der Waals surface area contributed by atoms with E-state index >= 15 is 0 Å². The highest BCUT2D eigenvalue weighted by molar-refractivity contribution is 5.95. The van der Waals surface area contributed by atoms with Gasteiger partial charge in [0.1, 0.15) is 6.04 Å². The van der Waals surface area contributed by atoms with Crippen LogP contribution in [0.25, 0.3) is 0 Å². The van der Waals surface area contributed by atoms with Crippen LogP contribution < -0.4 is 0 Å². The van der Waals surface area contributed by atoms with Crippen molar-refractivity contribution in [1.82, 2.24) is 4.90 Å². The van der Waals surface area contributed by atoms with Crippen molar-refractivity contribution in [3.63, 3.8) is 0 Å². The molecule has 1 aromatic rings. The van der Waals surface area contributed by atoms with E-state index in [1.165, 1.54) is 27.4 Å². The van der Waals surface area contributed by atoms with E-state index in [1.54, 1.807) is 12.1 Å². The molecule has 1 atom stereocenters. The number of methoxy groups -OCH3 is 3. The van der Waals surface area contributed by atoms with E-state index in [9.17, 15) is 14.4 Å². The third kappa shape index (κ3) is 4.57. The van der Waals surface area contributed by atoms with Gasteiger partial charge in [-0.25, -0.2) is 9.59 Å². The maximum absolute atomic E-state index is 12.0. The Bertz CT molecular complexity index is 623. The molecular formula is C18H23NO6. The first-order chi connectivity index (χ1) is 12.0. The molecule has 7 nitrogen and oxygen atoms in total. The van der Waals surface area contributed by atoms with E-state index in [0.29, 0.717) is 6.54 Å². The minimum Gasteiger partial charge on any atom is -0.468 e. The third-order valence-electron chi connectivity index (χ3n) is 4.31. The average molecular weight is 349 g/mol. The predicted molar refractivity (Wildman–Crippen MR) is 89.2 cm³/mol. The van der Waals surface area contributed by atoms with Crippen molar-refractivity contribution in [1.29, 1.82) is 0 Å². The number of benzene rings is 1. The van der Waals surface area contributed by atoms with Crippen LogP contribution in [0.1, 0.15) is 45.5 Å². The number of piperidine rings is 1. The van der Waals surface area contributed by atoms with Gasteiger partial charge in [0.05, 0.1) is 32.5 Å². The van der Waals surface area contributed by atoms with Crippen molar-refractivity contribution >= 4 is 17.9 Å². The number of esters is 3. The number of carbonyl (C=O) groups is 3. The van der Waals surface area contributed by atoms with Gasteiger partial charge in [0.2, 0.25) is 0 Å². The zero-order valence-electron chi connectivity index (χ0n) is 14.7. The van der Waals surface area contributed by atoms with Gasteiger partial charge in [-0.1, -0.05) is 6.42 Å². The van der Waals surface area contributed by atoms with Crippen molar-refractivity contribution in [2.24, 2.45) is 0 Å². The average Bonchev–Trinajstić information content (AvgIpc) is 2.66. The van der Waals surface area contributed by atoms with E-state index in [2.05, 4.69) is 0 Å². The number of ether oxygens (including phenoxy) is 3. The van der Waals surface area contributed by atoms with E-state index in [4.69, 9.17) is 14.2 Å². The van der Waals surface area contributed by atoms with Gasteiger partial charge < -0.3 is 14.2 Å². The number of hydrogen-bond donors (Lipinski definition) is 0. The van der Waals surface area contributed by atoms with E-state index in [-0.39, 0.29) is 23.1 Å². The summed E-state index contributed by atoms with van der Waals surface area (Å²) in [7, 11) is 3.94. The third-order valence-corrected chi connectivity index (χ3v) is 4.31. The summed E-state index contributed by atoms with van der Waals surface area (Å²) in [6.45, 7) is 1.17. The van der Waals surface area contributed by atoms with Gasteiger partial charge in [-0.3, -0.25) is 9.69 Å². The van der Waals surface area contributed by atoms with Gasteiger partial charge in [-0.15, -0.1) is 0 Å². The van der Waals surface area contributed by atoms with Gasteiger partial charge in [0.25, 0.3) is 0 Å². The molecule has 0 radical (unpaired) electrons. The van der Waals surface area contributed by atoms with Crippen molar-refractivity contribution in [2.75, 3.05) is 27.9 Å². The Hall–Kier alpha value is -2.41. The van der Waals surface area contributed by atoms with Crippen LogP contribution in [0, 0.1) is 0 Å². The number of hydrogen-bond acceptors (Lipinski definition) is 7. The lowest BCUT2D eigenvalue weighted by Gasteiger charge is -2.33. The first kappa shape index (κ1) is 18.9. The smallest absolute Gasteiger partial charge is 0.337 e. The number of likely N-dealkylation sites (tertiary alicyclic amines) is 1. The van der Waals surface area contributed by atoms with Crippen LogP contribution in [0.5, 0.6) is 0 Å². The molecule has 0 bridgehead atoms. The highest BCUT2D eigenvalue weighted by Crippen LogP contribution is 2.22. The molecule has 0 aromatic heterocycles. The summed E-state index contributed by atoms with van der Waals surface area (Å²) >= 11 is 0. The summed E-state index contributed by atoms with van der Waals surface area (Å²) in [4.78, 5) is 37.8. The zero-order valence-corrected chi connectivity index (χ0v) is 14.7. The summed E-state index contributed by atoms with van der Waals surface area (Å²) < 4.78 is 14.4. The lowest BCUT2D eigenvalue weighted by atomic mass is 9.99. The van der Waals surface area contributed by atoms with E-state index < -0.39 is 11.9 Å². The Morgan fingerprint density at radius 3 is 2.08 bits per heavy atom. The Balaban J connectivity index is 2.31. The number of rotatable bonds is 5. The van der Waals surface area contributed by atoms with E-state index in [1.807, 2.05) is 4.90 Å². The van der Waals surface area contributed by atoms with Crippen LogP contribution in [0.2, 0.25) is 0 Å². The maximum atomic E-state index is 12.0. The van der Waals surface area contributed by atoms with Crippen LogP contribution in [0.4, 0.5) is 0 Å². The van der Waals surface area contributed by atoms with E-state index in [0.717, 1.165) is 31.4 Å². The van der Waals surface area contributed by atoms with Crippen LogP contribution >= 0.6 is 0 Å². The first-order valence-electron chi connectivity index (χ1n) is 8.12.